The number of benzene rings is 2. The van der Waals surface area contributed by atoms with Crippen molar-refractivity contribution in [3.05, 3.63) is 102 Å². The van der Waals surface area contributed by atoms with Gasteiger partial charge in [0, 0.05) is 23.7 Å². The average Bonchev–Trinajstić information content (AvgIpc) is 3.26. The maximum absolute atomic E-state index is 7.35. The molecule has 1 aromatic heterocycles. The number of hydrogen-bond donors (Lipinski definition) is 2. The van der Waals surface area contributed by atoms with E-state index in [1.54, 1.807) is 18.2 Å². The molecule has 6 heteroatoms. The Morgan fingerprint density at radius 1 is 1.12 bits per heavy atom. The second-order valence-electron chi connectivity index (χ2n) is 7.45. The highest BCUT2D eigenvalue weighted by molar-refractivity contribution is 5.68. The van der Waals surface area contributed by atoms with Crippen molar-refractivity contribution in [3.63, 3.8) is 0 Å². The zero-order chi connectivity index (χ0) is 22.3. The maximum Gasteiger partial charge on any atom is 0.229 e. The first-order chi connectivity index (χ1) is 15.7. The van der Waals surface area contributed by atoms with Crippen LogP contribution in [0.25, 0.3) is 4.85 Å². The number of nitrogens with one attached hydrogen (secondary N) is 2. The highest BCUT2D eigenvalue weighted by Gasteiger charge is 2.29. The van der Waals surface area contributed by atoms with Crippen LogP contribution < -0.4 is 15.4 Å². The molecule has 2 N–H and O–H groups in total. The second-order valence-corrected chi connectivity index (χ2v) is 7.45. The fourth-order valence-electron chi connectivity index (χ4n) is 3.92. The van der Waals surface area contributed by atoms with Gasteiger partial charge in [0.15, 0.2) is 0 Å². The summed E-state index contributed by atoms with van der Waals surface area (Å²) < 4.78 is 5.65. The molecule has 0 bridgehead atoms. The van der Waals surface area contributed by atoms with Crippen molar-refractivity contribution in [1.29, 1.82) is 0 Å². The van der Waals surface area contributed by atoms with Gasteiger partial charge in [0.1, 0.15) is 18.2 Å². The van der Waals surface area contributed by atoms with Crippen LogP contribution in [0.4, 0.5) is 23.1 Å². The summed E-state index contributed by atoms with van der Waals surface area (Å²) in [5.41, 5.74) is 4.66. The smallest absolute Gasteiger partial charge is 0.229 e. The summed E-state index contributed by atoms with van der Waals surface area (Å²) in [5.74, 6) is 2.06. The lowest BCUT2D eigenvalue weighted by molar-refractivity contribution is 0.366. The normalized spacial score (nSPS) is 14.2. The number of ether oxygens (including phenoxy) is 1. The maximum atomic E-state index is 7.35. The van der Waals surface area contributed by atoms with Gasteiger partial charge in [-0.2, -0.15) is 4.98 Å². The Balaban J connectivity index is 1.70. The molecule has 1 heterocycles. The largest absolute Gasteiger partial charge is 0.500 e. The van der Waals surface area contributed by atoms with Crippen molar-refractivity contribution in [2.45, 2.75) is 18.8 Å². The number of aromatic nitrogens is 2. The van der Waals surface area contributed by atoms with Crippen LogP contribution in [-0.4, -0.2) is 23.1 Å². The second kappa shape index (κ2) is 9.80. The first-order valence-electron chi connectivity index (χ1n) is 10.6. The van der Waals surface area contributed by atoms with E-state index in [1.807, 2.05) is 18.2 Å². The van der Waals surface area contributed by atoms with Gasteiger partial charge in [0.2, 0.25) is 11.6 Å². The summed E-state index contributed by atoms with van der Waals surface area (Å²) in [6, 6.07) is 15.8. The Labute approximate surface area is 188 Å². The summed E-state index contributed by atoms with van der Waals surface area (Å²) in [5, 5.41) is 6.66. The van der Waals surface area contributed by atoms with Crippen molar-refractivity contribution in [3.8, 4) is 5.75 Å². The van der Waals surface area contributed by atoms with E-state index in [-0.39, 0.29) is 5.92 Å². The topological polar surface area (TPSA) is 63.4 Å². The Morgan fingerprint density at radius 2 is 1.97 bits per heavy atom. The number of hydrogen-bond acceptors (Lipinski definition) is 5. The Morgan fingerprint density at radius 3 is 2.72 bits per heavy atom. The summed E-state index contributed by atoms with van der Waals surface area (Å²) >= 11 is 0. The van der Waals surface area contributed by atoms with Crippen LogP contribution in [0.15, 0.2) is 73.8 Å². The van der Waals surface area contributed by atoms with Crippen molar-refractivity contribution in [2.75, 3.05) is 23.8 Å². The fourth-order valence-corrected chi connectivity index (χ4v) is 3.92. The van der Waals surface area contributed by atoms with E-state index in [9.17, 15) is 0 Å². The molecule has 1 aliphatic carbocycles. The van der Waals surface area contributed by atoms with Crippen molar-refractivity contribution < 1.29 is 4.74 Å². The molecular formula is C26H25N5O. The van der Waals surface area contributed by atoms with Crippen LogP contribution in [-0.2, 0) is 6.42 Å². The van der Waals surface area contributed by atoms with Crippen LogP contribution in [0.2, 0.25) is 0 Å². The molecular weight excluding hydrogens is 398 g/mol. The monoisotopic (exact) mass is 423 g/mol. The van der Waals surface area contributed by atoms with Gasteiger partial charge in [0.05, 0.1) is 12.3 Å². The molecule has 32 heavy (non-hydrogen) atoms. The first kappa shape index (κ1) is 21.1. The third-order valence-electron chi connectivity index (χ3n) is 5.36. The van der Waals surface area contributed by atoms with Crippen molar-refractivity contribution in [1.82, 2.24) is 9.97 Å². The van der Waals surface area contributed by atoms with E-state index in [0.717, 1.165) is 35.6 Å². The third-order valence-corrected chi connectivity index (χ3v) is 5.36. The van der Waals surface area contributed by atoms with Gasteiger partial charge in [-0.25, -0.2) is 9.83 Å². The number of anilines is 3. The van der Waals surface area contributed by atoms with Crippen molar-refractivity contribution in [2.24, 2.45) is 0 Å². The Bertz CT molecular complexity index is 1170. The van der Waals surface area contributed by atoms with E-state index in [4.69, 9.17) is 21.3 Å². The van der Waals surface area contributed by atoms with Gasteiger partial charge in [-0.05, 0) is 30.5 Å². The van der Waals surface area contributed by atoms with Crippen LogP contribution in [0.1, 0.15) is 29.2 Å². The molecule has 1 atom stereocenters. The predicted octanol–water partition coefficient (Wildman–Crippen LogP) is 6.01. The van der Waals surface area contributed by atoms with Crippen LogP contribution >= 0.6 is 0 Å². The van der Waals surface area contributed by atoms with Crippen LogP contribution in [0, 0.1) is 6.57 Å². The molecule has 2 aromatic carbocycles. The van der Waals surface area contributed by atoms with E-state index < -0.39 is 0 Å². The molecule has 160 valence electrons. The minimum atomic E-state index is 0.231. The number of fused-ring (bicyclic) bond motifs is 1. The highest BCUT2D eigenvalue weighted by atomic mass is 16.5. The summed E-state index contributed by atoms with van der Waals surface area (Å²) in [6.07, 6.45) is 5.39. The molecule has 1 unspecified atom stereocenters. The standard InChI is InChI=1S/C26H25N5O/c1-4-15-28-25-21-13-12-20(18-9-7-6-8-10-18)24(21)30-26(31-25)29-19-11-14-22(27-3)23(17-19)32-16-5-2/h4-11,14,17,20H,1-2,12-13,15-16H2,(H2,28,29,30,31). The molecule has 1 aliphatic rings. The minimum absolute atomic E-state index is 0.231. The number of nitrogens with zero attached hydrogens (tertiary/aromatic N) is 3. The zero-order valence-electron chi connectivity index (χ0n) is 17.8. The zero-order valence-corrected chi connectivity index (χ0v) is 17.8. The SMILES string of the molecule is [C-]#[N+]c1ccc(Nc2nc(NCC=C)c3c(n2)C(c2ccccc2)CC3)cc1OCC=C. The molecule has 0 amide bonds. The Kier molecular flexibility index (Phi) is 6.47. The number of rotatable bonds is 9. The van der Waals surface area contributed by atoms with E-state index in [0.29, 0.717) is 30.5 Å². The lowest BCUT2D eigenvalue weighted by Gasteiger charge is -2.16. The molecule has 0 radical (unpaired) electrons. The summed E-state index contributed by atoms with van der Waals surface area (Å²) in [6.45, 7) is 15.8. The van der Waals surface area contributed by atoms with E-state index in [2.05, 4.69) is 52.9 Å². The fraction of sp³-hybridized carbons (Fsp3) is 0.192. The molecule has 6 nitrogen and oxygen atoms in total. The molecule has 0 saturated heterocycles. The van der Waals surface area contributed by atoms with Crippen LogP contribution in [0.5, 0.6) is 5.75 Å². The van der Waals surface area contributed by atoms with Gasteiger partial charge in [-0.1, -0.05) is 55.1 Å². The average molecular weight is 424 g/mol. The van der Waals surface area contributed by atoms with Crippen molar-refractivity contribution >= 4 is 23.1 Å². The highest BCUT2D eigenvalue weighted by Crippen LogP contribution is 2.40. The minimum Gasteiger partial charge on any atom is -0.500 e. The van der Waals surface area contributed by atoms with Gasteiger partial charge in [-0.3, -0.25) is 0 Å². The molecule has 0 saturated carbocycles. The van der Waals surface area contributed by atoms with Gasteiger partial charge in [-0.15, -0.1) is 6.58 Å². The van der Waals surface area contributed by atoms with Crippen LogP contribution in [0.3, 0.4) is 0 Å². The van der Waals surface area contributed by atoms with E-state index >= 15 is 0 Å². The molecule has 0 fully saturated rings. The molecule has 3 aromatic rings. The van der Waals surface area contributed by atoms with Gasteiger partial charge < -0.3 is 15.4 Å². The summed E-state index contributed by atoms with van der Waals surface area (Å²) in [4.78, 5) is 13.2. The molecule has 0 spiro atoms. The van der Waals surface area contributed by atoms with E-state index in [1.165, 1.54) is 5.56 Å². The summed E-state index contributed by atoms with van der Waals surface area (Å²) in [7, 11) is 0. The van der Waals surface area contributed by atoms with Gasteiger partial charge >= 0.3 is 0 Å². The lowest BCUT2D eigenvalue weighted by atomic mass is 9.97. The molecule has 0 aliphatic heterocycles. The molecule has 4 rings (SSSR count). The third kappa shape index (κ3) is 4.47. The Hall–Kier alpha value is -4.11. The first-order valence-corrected chi connectivity index (χ1v) is 10.6. The lowest BCUT2D eigenvalue weighted by Crippen LogP contribution is -2.10. The predicted molar refractivity (Wildman–Crippen MR) is 129 cm³/mol. The van der Waals surface area contributed by atoms with Gasteiger partial charge in [0.25, 0.3) is 0 Å². The quantitative estimate of drug-likeness (QED) is 0.326.